The predicted octanol–water partition coefficient (Wildman–Crippen LogP) is 10.3. The lowest BCUT2D eigenvalue weighted by atomic mass is 9.99. The van der Waals surface area contributed by atoms with Crippen molar-refractivity contribution in [1.29, 1.82) is 0 Å². The van der Waals surface area contributed by atoms with E-state index in [4.69, 9.17) is 23.4 Å². The van der Waals surface area contributed by atoms with Crippen molar-refractivity contribution >= 4 is 26.0 Å². The van der Waals surface area contributed by atoms with Gasteiger partial charge in [0.2, 0.25) is 0 Å². The summed E-state index contributed by atoms with van der Waals surface area (Å²) in [6.45, 7) is 11.5. The number of hydrogen-bond donors (Lipinski definition) is 0. The smallest absolute Gasteiger partial charge is 0.303 e. The number of carbonyl (C=O) groups excluding carboxylic acids is 1. The van der Waals surface area contributed by atoms with Gasteiger partial charge in [-0.15, -0.1) is 0 Å². The SMILES string of the molecule is CCCC[Si](CCCC)(CCCC)OC[C@H]1O[C@H](Sc2ccc(C)cc2)[C@@H](OC(C)=O)[C@@H](OCc2ccccc2)[C@@H]1OCc1ccccc1. The molecule has 0 saturated carbocycles. The number of benzene rings is 3. The molecule has 0 amide bonds. The second-order valence-corrected chi connectivity index (χ2v) is 18.7. The van der Waals surface area contributed by atoms with Crippen LogP contribution in [0.3, 0.4) is 0 Å². The lowest BCUT2D eigenvalue weighted by Crippen LogP contribution is -2.61. The van der Waals surface area contributed by atoms with E-state index < -0.39 is 38.2 Å². The first-order chi connectivity index (χ1) is 23.9. The molecule has 0 radical (unpaired) electrons. The number of ether oxygens (including phenoxy) is 4. The van der Waals surface area contributed by atoms with E-state index >= 15 is 0 Å². The molecule has 4 rings (SSSR count). The molecular formula is C41H58O6SSi. The molecule has 0 aromatic heterocycles. The summed E-state index contributed by atoms with van der Waals surface area (Å²) in [7, 11) is -2.07. The molecule has 1 aliphatic heterocycles. The fourth-order valence-electron chi connectivity index (χ4n) is 6.45. The average molecular weight is 707 g/mol. The topological polar surface area (TPSA) is 63.2 Å². The fourth-order valence-corrected chi connectivity index (χ4v) is 12.2. The van der Waals surface area contributed by atoms with E-state index in [1.165, 1.54) is 31.7 Å². The van der Waals surface area contributed by atoms with Crippen LogP contribution in [0.2, 0.25) is 18.1 Å². The molecule has 6 nitrogen and oxygen atoms in total. The van der Waals surface area contributed by atoms with Crippen molar-refractivity contribution in [2.24, 2.45) is 0 Å². The van der Waals surface area contributed by atoms with Crippen LogP contribution in [0.25, 0.3) is 0 Å². The van der Waals surface area contributed by atoms with Crippen LogP contribution in [0.5, 0.6) is 0 Å². The third-order valence-electron chi connectivity index (χ3n) is 9.25. The van der Waals surface area contributed by atoms with E-state index in [1.54, 1.807) is 11.8 Å². The van der Waals surface area contributed by atoms with E-state index in [0.29, 0.717) is 19.8 Å². The van der Waals surface area contributed by atoms with Crippen molar-refractivity contribution in [3.8, 4) is 0 Å². The van der Waals surface area contributed by atoms with Gasteiger partial charge in [0.25, 0.3) is 0 Å². The second-order valence-electron chi connectivity index (χ2n) is 13.4. The van der Waals surface area contributed by atoms with Gasteiger partial charge < -0.3 is 23.4 Å². The monoisotopic (exact) mass is 706 g/mol. The van der Waals surface area contributed by atoms with Gasteiger partial charge in [0.1, 0.15) is 23.7 Å². The first-order valence-corrected chi connectivity index (χ1v) is 21.8. The van der Waals surface area contributed by atoms with E-state index in [2.05, 4.69) is 64.1 Å². The summed E-state index contributed by atoms with van der Waals surface area (Å²) >= 11 is 1.56. The molecule has 1 heterocycles. The third kappa shape index (κ3) is 12.7. The first-order valence-electron chi connectivity index (χ1n) is 18.4. The molecule has 1 saturated heterocycles. The van der Waals surface area contributed by atoms with Gasteiger partial charge in [-0.3, -0.25) is 4.79 Å². The average Bonchev–Trinajstić information content (AvgIpc) is 3.12. The Bertz CT molecular complexity index is 1320. The number of aryl methyl sites for hydroxylation is 1. The van der Waals surface area contributed by atoms with Gasteiger partial charge in [0.15, 0.2) is 14.4 Å². The normalized spacial score (nSPS) is 21.0. The minimum Gasteiger partial charge on any atom is -0.456 e. The minimum atomic E-state index is -2.07. The largest absolute Gasteiger partial charge is 0.456 e. The van der Waals surface area contributed by atoms with Gasteiger partial charge in [0.05, 0.1) is 19.8 Å². The van der Waals surface area contributed by atoms with Crippen molar-refractivity contribution in [3.05, 3.63) is 102 Å². The summed E-state index contributed by atoms with van der Waals surface area (Å²) in [6, 6.07) is 32.2. The molecule has 0 spiro atoms. The van der Waals surface area contributed by atoms with Crippen molar-refractivity contribution in [2.45, 2.75) is 139 Å². The van der Waals surface area contributed by atoms with Crippen LogP contribution in [-0.4, -0.2) is 50.7 Å². The standard InChI is InChI=1S/C41H58O6SSi/c1-6-9-26-49(27-10-7-2,28-11-8-3)45-31-37-38(43-29-34-18-14-12-15-19-34)39(44-30-35-20-16-13-17-21-35)40(46-33(5)42)41(47-37)48-36-24-22-32(4)23-25-36/h12-25,37-41H,6-11,26-31H2,1-5H3/t37-,38-,39+,40+,41-/m1/s1. The maximum atomic E-state index is 12.7. The molecule has 3 aromatic rings. The van der Waals surface area contributed by atoms with Crippen LogP contribution in [-0.2, 0) is 41.4 Å². The highest BCUT2D eigenvalue weighted by atomic mass is 32.2. The Morgan fingerprint density at radius 2 is 1.22 bits per heavy atom. The highest BCUT2D eigenvalue weighted by Crippen LogP contribution is 2.39. The maximum absolute atomic E-state index is 12.7. The first kappa shape index (κ1) is 39.3. The summed E-state index contributed by atoms with van der Waals surface area (Å²) in [4.78, 5) is 13.7. The van der Waals surface area contributed by atoms with Gasteiger partial charge in [-0.1, -0.05) is 149 Å². The predicted molar refractivity (Wildman–Crippen MR) is 202 cm³/mol. The zero-order chi connectivity index (χ0) is 34.9. The van der Waals surface area contributed by atoms with Crippen LogP contribution in [0, 0.1) is 6.92 Å². The Kier molecular flexibility index (Phi) is 16.9. The van der Waals surface area contributed by atoms with E-state index in [0.717, 1.165) is 53.4 Å². The molecule has 8 heteroatoms. The van der Waals surface area contributed by atoms with Crippen LogP contribution in [0.4, 0.5) is 0 Å². The number of rotatable bonds is 21. The number of unbranched alkanes of at least 4 members (excludes halogenated alkanes) is 3. The Hall–Kier alpha value is -2.46. The summed E-state index contributed by atoms with van der Waals surface area (Å²) in [6.07, 6.45) is 4.79. The summed E-state index contributed by atoms with van der Waals surface area (Å²) in [5.74, 6) is -0.377. The molecule has 0 N–H and O–H groups in total. The van der Waals surface area contributed by atoms with E-state index in [1.807, 2.05) is 48.5 Å². The number of thioether (sulfide) groups is 1. The van der Waals surface area contributed by atoms with E-state index in [-0.39, 0.29) is 5.97 Å². The molecule has 0 aliphatic carbocycles. The van der Waals surface area contributed by atoms with Crippen LogP contribution >= 0.6 is 11.8 Å². The quantitative estimate of drug-likeness (QED) is 0.0807. The Morgan fingerprint density at radius 3 is 1.71 bits per heavy atom. The van der Waals surface area contributed by atoms with Crippen molar-refractivity contribution in [2.75, 3.05) is 6.61 Å². The highest BCUT2D eigenvalue weighted by Gasteiger charge is 2.50. The third-order valence-corrected chi connectivity index (χ3v) is 15.0. The number of esters is 1. The molecule has 5 atom stereocenters. The molecule has 1 aliphatic rings. The molecule has 49 heavy (non-hydrogen) atoms. The summed E-state index contributed by atoms with van der Waals surface area (Å²) < 4.78 is 34.0. The molecule has 0 bridgehead atoms. The van der Waals surface area contributed by atoms with Crippen LogP contribution in [0.15, 0.2) is 89.8 Å². The Morgan fingerprint density at radius 1 is 0.714 bits per heavy atom. The number of hydrogen-bond acceptors (Lipinski definition) is 7. The fraction of sp³-hybridized carbons (Fsp3) is 0.537. The van der Waals surface area contributed by atoms with E-state index in [9.17, 15) is 4.79 Å². The minimum absolute atomic E-state index is 0.353. The number of carbonyl (C=O) groups is 1. The van der Waals surface area contributed by atoms with Crippen molar-refractivity contribution in [3.63, 3.8) is 0 Å². The van der Waals surface area contributed by atoms with Gasteiger partial charge in [0, 0.05) is 11.8 Å². The van der Waals surface area contributed by atoms with Crippen molar-refractivity contribution < 1.29 is 28.2 Å². The van der Waals surface area contributed by atoms with Crippen molar-refractivity contribution in [1.82, 2.24) is 0 Å². The summed E-state index contributed by atoms with van der Waals surface area (Å²) in [5.41, 5.74) is 2.76. The zero-order valence-electron chi connectivity index (χ0n) is 30.3. The second kappa shape index (κ2) is 21.0. The maximum Gasteiger partial charge on any atom is 0.303 e. The Balaban J connectivity index is 1.72. The molecular weight excluding hydrogens is 649 g/mol. The Labute approximate surface area is 300 Å². The summed E-state index contributed by atoms with van der Waals surface area (Å²) in [5, 5.41) is 0. The van der Waals surface area contributed by atoms with Gasteiger partial charge >= 0.3 is 5.97 Å². The van der Waals surface area contributed by atoms with Gasteiger partial charge in [-0.05, 0) is 48.3 Å². The lowest BCUT2D eigenvalue weighted by Gasteiger charge is -2.46. The van der Waals surface area contributed by atoms with Gasteiger partial charge in [-0.2, -0.15) is 0 Å². The van der Waals surface area contributed by atoms with Crippen LogP contribution in [0.1, 0.15) is 82.9 Å². The van der Waals surface area contributed by atoms with Crippen LogP contribution < -0.4 is 0 Å². The molecule has 1 fully saturated rings. The lowest BCUT2D eigenvalue weighted by molar-refractivity contribution is -0.245. The molecule has 268 valence electrons. The highest BCUT2D eigenvalue weighted by molar-refractivity contribution is 7.99. The van der Waals surface area contributed by atoms with Gasteiger partial charge in [-0.25, -0.2) is 0 Å². The molecule has 3 aromatic carbocycles. The zero-order valence-corrected chi connectivity index (χ0v) is 32.1. The molecule has 0 unspecified atom stereocenters.